The molecule has 0 spiro atoms. The van der Waals surface area contributed by atoms with Gasteiger partial charge in [-0.1, -0.05) is 12.8 Å². The van der Waals surface area contributed by atoms with Gasteiger partial charge in [0.1, 0.15) is 18.0 Å². The van der Waals surface area contributed by atoms with Crippen LogP contribution in [0.4, 0.5) is 4.79 Å². The summed E-state index contributed by atoms with van der Waals surface area (Å²) in [7, 11) is 0. The molecule has 2 amide bonds. The van der Waals surface area contributed by atoms with E-state index in [1.165, 1.54) is 0 Å². The Bertz CT molecular complexity index is 728. The number of aromatic nitrogens is 1. The fraction of sp³-hybridized carbons (Fsp3) is 0.714. The minimum absolute atomic E-state index is 0.0813. The Hall–Kier alpha value is -1.90. The molecule has 0 unspecified atom stereocenters. The van der Waals surface area contributed by atoms with Crippen LogP contribution >= 0.6 is 0 Å². The number of nitrogens with zero attached hydrogens (tertiary/aromatic N) is 1. The van der Waals surface area contributed by atoms with Gasteiger partial charge in [0, 0.05) is 18.7 Å². The molecule has 6 atom stereocenters. The van der Waals surface area contributed by atoms with Gasteiger partial charge in [0.2, 0.25) is 0 Å². The van der Waals surface area contributed by atoms with E-state index in [0.29, 0.717) is 19.8 Å². The molecule has 3 N–H and O–H groups in total. The van der Waals surface area contributed by atoms with Crippen LogP contribution in [0.2, 0.25) is 0 Å². The van der Waals surface area contributed by atoms with Gasteiger partial charge in [-0.15, -0.1) is 0 Å². The van der Waals surface area contributed by atoms with Crippen molar-refractivity contribution >= 4 is 6.03 Å². The van der Waals surface area contributed by atoms with E-state index in [2.05, 4.69) is 15.6 Å². The first-order valence-corrected chi connectivity index (χ1v) is 10.5. The van der Waals surface area contributed by atoms with Gasteiger partial charge >= 0.3 is 6.03 Å². The Morgan fingerprint density at radius 3 is 2.97 bits per heavy atom. The first kappa shape index (κ1) is 20.4. The second kappa shape index (κ2) is 8.45. The van der Waals surface area contributed by atoms with Crippen LogP contribution < -0.4 is 15.4 Å². The quantitative estimate of drug-likeness (QED) is 0.687. The summed E-state index contributed by atoms with van der Waals surface area (Å²) in [5, 5.41) is 16.4. The molecule has 29 heavy (non-hydrogen) atoms. The number of carbonyl (C=O) groups excluding carboxylic acids is 1. The summed E-state index contributed by atoms with van der Waals surface area (Å²) in [6.45, 7) is 5.02. The first-order chi connectivity index (χ1) is 13.9. The number of ether oxygens (including phenoxy) is 3. The van der Waals surface area contributed by atoms with Crippen LogP contribution in [-0.4, -0.2) is 65.8 Å². The number of fused-ring (bicyclic) bond motifs is 1. The van der Waals surface area contributed by atoms with Gasteiger partial charge in [0.25, 0.3) is 0 Å². The molecule has 0 aromatic carbocycles. The summed E-state index contributed by atoms with van der Waals surface area (Å²) >= 11 is 0. The zero-order valence-corrected chi connectivity index (χ0v) is 17.1. The smallest absolute Gasteiger partial charge is 0.315 e. The van der Waals surface area contributed by atoms with Crippen molar-refractivity contribution in [2.45, 2.75) is 69.5 Å². The largest absolute Gasteiger partial charge is 0.483 e. The monoisotopic (exact) mass is 405 g/mol. The van der Waals surface area contributed by atoms with Gasteiger partial charge in [-0.25, -0.2) is 4.79 Å². The van der Waals surface area contributed by atoms with Gasteiger partial charge < -0.3 is 30.0 Å². The average Bonchev–Trinajstić information content (AvgIpc) is 3.26. The van der Waals surface area contributed by atoms with Crippen molar-refractivity contribution in [1.82, 2.24) is 15.6 Å². The van der Waals surface area contributed by atoms with Crippen molar-refractivity contribution in [3.05, 3.63) is 24.0 Å². The van der Waals surface area contributed by atoms with Crippen molar-refractivity contribution in [2.24, 2.45) is 5.92 Å². The highest BCUT2D eigenvalue weighted by Gasteiger charge is 2.49. The zero-order valence-electron chi connectivity index (χ0n) is 17.1. The van der Waals surface area contributed by atoms with E-state index in [-0.39, 0.29) is 36.3 Å². The standard InChI is InChI=1S/C21H31N3O5/c1-13-16(7-5-9-22-13)29-17-12-28-18-15(11-27-19(17)18)24-20(25)23-10-14-6-3-4-8-21(14,2)26/h5,7,9,14-15,17-19,26H,3-4,6,8,10-12H2,1-2H3,(H2,23,24,25)/t14-,15+,17+,18-,19-,21-/m1/s1. The SMILES string of the molecule is Cc1ncccc1O[C@H]1CO[C@H]2[C@@H]1OC[C@@H]2NC(=O)NC[C@H]1CCCC[C@@]1(C)O. The van der Waals surface area contributed by atoms with E-state index in [4.69, 9.17) is 14.2 Å². The third kappa shape index (κ3) is 4.49. The predicted molar refractivity (Wildman–Crippen MR) is 106 cm³/mol. The number of pyridine rings is 1. The van der Waals surface area contributed by atoms with E-state index in [9.17, 15) is 9.90 Å². The summed E-state index contributed by atoms with van der Waals surface area (Å²) in [6.07, 6.45) is 4.89. The van der Waals surface area contributed by atoms with Crippen molar-refractivity contribution in [1.29, 1.82) is 0 Å². The van der Waals surface area contributed by atoms with Crippen LogP contribution in [0, 0.1) is 12.8 Å². The number of hydrogen-bond acceptors (Lipinski definition) is 6. The molecule has 8 nitrogen and oxygen atoms in total. The molecular weight excluding hydrogens is 374 g/mol. The molecule has 0 bridgehead atoms. The van der Waals surface area contributed by atoms with Crippen LogP contribution in [0.25, 0.3) is 0 Å². The molecule has 4 rings (SSSR count). The molecule has 0 radical (unpaired) electrons. The highest BCUT2D eigenvalue weighted by atomic mass is 16.6. The number of aliphatic hydroxyl groups is 1. The van der Waals surface area contributed by atoms with Gasteiger partial charge in [-0.05, 0) is 38.8 Å². The molecule has 2 saturated heterocycles. The van der Waals surface area contributed by atoms with Gasteiger partial charge in [0.05, 0.1) is 30.6 Å². The van der Waals surface area contributed by atoms with E-state index in [1.54, 1.807) is 6.20 Å². The Kier molecular flexibility index (Phi) is 5.94. The molecule has 3 heterocycles. The fourth-order valence-corrected chi connectivity index (χ4v) is 4.59. The summed E-state index contributed by atoms with van der Waals surface area (Å²) < 4.78 is 17.8. The predicted octanol–water partition coefficient (Wildman–Crippen LogP) is 1.54. The van der Waals surface area contributed by atoms with Crippen LogP contribution in [0.1, 0.15) is 38.3 Å². The second-order valence-corrected chi connectivity index (χ2v) is 8.60. The molecule has 3 fully saturated rings. The topological polar surface area (TPSA) is 102 Å². The van der Waals surface area contributed by atoms with Crippen molar-refractivity contribution in [2.75, 3.05) is 19.8 Å². The van der Waals surface area contributed by atoms with E-state index < -0.39 is 5.60 Å². The van der Waals surface area contributed by atoms with Crippen LogP contribution in [0.15, 0.2) is 18.3 Å². The molecule has 1 aliphatic carbocycles. The number of carbonyl (C=O) groups is 1. The van der Waals surface area contributed by atoms with Crippen LogP contribution in [0.3, 0.4) is 0 Å². The lowest BCUT2D eigenvalue weighted by Crippen LogP contribution is -2.51. The van der Waals surface area contributed by atoms with Crippen LogP contribution in [0.5, 0.6) is 5.75 Å². The van der Waals surface area contributed by atoms with Gasteiger partial charge in [0.15, 0.2) is 6.10 Å². The van der Waals surface area contributed by atoms with E-state index in [0.717, 1.165) is 37.1 Å². The molecule has 2 aliphatic heterocycles. The van der Waals surface area contributed by atoms with Crippen LogP contribution in [-0.2, 0) is 9.47 Å². The maximum absolute atomic E-state index is 12.4. The zero-order chi connectivity index (χ0) is 20.4. The number of amides is 2. The van der Waals surface area contributed by atoms with Crippen molar-refractivity contribution in [3.8, 4) is 5.75 Å². The van der Waals surface area contributed by atoms with E-state index in [1.807, 2.05) is 26.0 Å². The normalized spacial score (nSPS) is 36.4. The summed E-state index contributed by atoms with van der Waals surface area (Å²) in [5.41, 5.74) is 0.109. The molecule has 1 saturated carbocycles. The Labute approximate surface area is 171 Å². The molecule has 8 heteroatoms. The molecule has 1 aromatic heterocycles. The summed E-state index contributed by atoms with van der Waals surface area (Å²) in [5.74, 6) is 0.803. The number of urea groups is 1. The number of aryl methyl sites for hydroxylation is 1. The Morgan fingerprint density at radius 2 is 2.17 bits per heavy atom. The third-order valence-corrected chi connectivity index (χ3v) is 6.44. The Balaban J connectivity index is 1.27. The molecule has 160 valence electrons. The molecular formula is C21H31N3O5. The summed E-state index contributed by atoms with van der Waals surface area (Å²) in [4.78, 5) is 16.6. The lowest BCUT2D eigenvalue weighted by molar-refractivity contribution is -0.0298. The van der Waals surface area contributed by atoms with Gasteiger partial charge in [-0.2, -0.15) is 0 Å². The third-order valence-electron chi connectivity index (χ3n) is 6.44. The van der Waals surface area contributed by atoms with Gasteiger partial charge in [-0.3, -0.25) is 4.98 Å². The number of hydrogen-bond donors (Lipinski definition) is 3. The number of rotatable bonds is 5. The maximum Gasteiger partial charge on any atom is 0.315 e. The maximum atomic E-state index is 12.4. The average molecular weight is 405 g/mol. The summed E-state index contributed by atoms with van der Waals surface area (Å²) in [6, 6.07) is 3.24. The lowest BCUT2D eigenvalue weighted by Gasteiger charge is -2.37. The minimum atomic E-state index is -0.712. The Morgan fingerprint density at radius 1 is 1.34 bits per heavy atom. The second-order valence-electron chi connectivity index (χ2n) is 8.60. The highest BCUT2D eigenvalue weighted by Crippen LogP contribution is 2.33. The van der Waals surface area contributed by atoms with Crippen molar-refractivity contribution in [3.63, 3.8) is 0 Å². The minimum Gasteiger partial charge on any atom is -0.483 e. The van der Waals surface area contributed by atoms with E-state index >= 15 is 0 Å². The molecule has 1 aromatic rings. The first-order valence-electron chi connectivity index (χ1n) is 10.5. The highest BCUT2D eigenvalue weighted by molar-refractivity contribution is 5.74. The lowest BCUT2D eigenvalue weighted by atomic mass is 9.76. The number of nitrogens with one attached hydrogen (secondary N) is 2. The fourth-order valence-electron chi connectivity index (χ4n) is 4.59. The van der Waals surface area contributed by atoms with Crippen molar-refractivity contribution < 1.29 is 24.1 Å². The molecule has 3 aliphatic rings.